The average molecular weight is 930 g/mol. The highest BCUT2D eigenvalue weighted by Gasteiger charge is 2.45. The second-order valence-electron chi connectivity index (χ2n) is 14.5. The first kappa shape index (κ1) is 39.9. The lowest BCUT2D eigenvalue weighted by Gasteiger charge is -2.38. The van der Waals surface area contributed by atoms with Crippen LogP contribution in [0.5, 0.6) is 5.75 Å². The SMILES string of the molecule is CCOc1cc(I)ccc1C1=N[C@@H](c2ccc(Cl)cc2)[C@@H](c2ccc(Cl)cc2)N1C(=O)N1CCN(CC#Cc2cccc3c2CN(C2CCC(=O)NC2=O)C3=O)CC1. The largest absolute Gasteiger partial charge is 0.493 e. The number of amidine groups is 1. The Morgan fingerprint density at radius 2 is 1.62 bits per heavy atom. The van der Waals surface area contributed by atoms with Gasteiger partial charge in [-0.25, -0.2) is 4.79 Å². The summed E-state index contributed by atoms with van der Waals surface area (Å²) in [7, 11) is 0. The Kier molecular flexibility index (Phi) is 11.8. The summed E-state index contributed by atoms with van der Waals surface area (Å²) in [6.07, 6.45) is 0.500. The molecule has 0 aromatic heterocycles. The van der Waals surface area contributed by atoms with E-state index in [0.29, 0.717) is 72.9 Å². The molecule has 5 amide bonds. The number of ether oxygens (including phenoxy) is 1. The first-order valence-corrected chi connectivity index (χ1v) is 21.0. The number of imide groups is 1. The monoisotopic (exact) mass is 928 g/mol. The van der Waals surface area contributed by atoms with Crippen molar-refractivity contribution >= 4 is 75.4 Å². The zero-order chi connectivity index (χ0) is 40.5. The number of piperidine rings is 1. The molecule has 0 radical (unpaired) electrons. The van der Waals surface area contributed by atoms with Crippen molar-refractivity contribution in [2.75, 3.05) is 39.3 Å². The highest BCUT2D eigenvalue weighted by Crippen LogP contribution is 2.45. The second kappa shape index (κ2) is 17.1. The molecule has 0 spiro atoms. The summed E-state index contributed by atoms with van der Waals surface area (Å²) >= 11 is 14.9. The van der Waals surface area contributed by atoms with Crippen LogP contribution in [-0.2, 0) is 16.1 Å². The third-order valence-corrected chi connectivity index (χ3v) is 12.1. The number of carbonyl (C=O) groups is 4. The van der Waals surface area contributed by atoms with Gasteiger partial charge in [-0.15, -0.1) is 0 Å². The number of fused-ring (bicyclic) bond motifs is 1. The number of carbonyl (C=O) groups excluding carboxylic acids is 4. The molecule has 58 heavy (non-hydrogen) atoms. The number of amides is 5. The number of nitrogens with zero attached hydrogens (tertiary/aromatic N) is 5. The molecule has 0 bridgehead atoms. The molecular formula is C44H39Cl2IN6O5. The van der Waals surface area contributed by atoms with Crippen LogP contribution < -0.4 is 10.1 Å². The van der Waals surface area contributed by atoms with Gasteiger partial charge in [0, 0.05) is 63.9 Å². The summed E-state index contributed by atoms with van der Waals surface area (Å²) in [6.45, 7) is 5.29. The lowest BCUT2D eigenvalue weighted by atomic mass is 9.93. The molecule has 0 saturated carbocycles. The highest BCUT2D eigenvalue weighted by atomic mass is 127. The molecule has 1 N–H and O–H groups in total. The zero-order valence-corrected chi connectivity index (χ0v) is 35.3. The molecule has 2 saturated heterocycles. The third-order valence-electron chi connectivity index (χ3n) is 10.9. The minimum Gasteiger partial charge on any atom is -0.493 e. The van der Waals surface area contributed by atoms with Crippen molar-refractivity contribution in [3.8, 4) is 17.6 Å². The number of halogens is 3. The van der Waals surface area contributed by atoms with Crippen LogP contribution in [-0.4, -0.2) is 94.6 Å². The van der Waals surface area contributed by atoms with E-state index in [1.54, 1.807) is 12.1 Å². The predicted octanol–water partition coefficient (Wildman–Crippen LogP) is 7.09. The summed E-state index contributed by atoms with van der Waals surface area (Å²) in [6, 6.07) is 24.8. The van der Waals surface area contributed by atoms with E-state index in [4.69, 9.17) is 32.9 Å². The van der Waals surface area contributed by atoms with Crippen molar-refractivity contribution in [2.45, 2.75) is 44.4 Å². The maximum Gasteiger partial charge on any atom is 0.326 e. The molecule has 1 unspecified atom stereocenters. The minimum atomic E-state index is -0.687. The van der Waals surface area contributed by atoms with Crippen molar-refractivity contribution in [3.63, 3.8) is 0 Å². The Hall–Kier alpha value is -4.94. The van der Waals surface area contributed by atoms with Crippen LogP contribution in [0.1, 0.15) is 70.0 Å². The van der Waals surface area contributed by atoms with Crippen LogP contribution in [0.25, 0.3) is 0 Å². The Morgan fingerprint density at radius 3 is 2.31 bits per heavy atom. The summed E-state index contributed by atoms with van der Waals surface area (Å²) < 4.78 is 7.14. The van der Waals surface area contributed by atoms with Crippen LogP contribution in [0.2, 0.25) is 10.0 Å². The molecule has 14 heteroatoms. The Morgan fingerprint density at radius 1 is 0.914 bits per heavy atom. The fourth-order valence-electron chi connectivity index (χ4n) is 8.01. The second-order valence-corrected chi connectivity index (χ2v) is 16.6. The molecule has 4 heterocycles. The van der Waals surface area contributed by atoms with E-state index in [2.05, 4.69) is 44.6 Å². The van der Waals surface area contributed by atoms with Crippen LogP contribution in [0.15, 0.2) is 89.9 Å². The Balaban J connectivity index is 1.02. The van der Waals surface area contributed by atoms with E-state index in [1.807, 2.05) is 89.5 Å². The first-order chi connectivity index (χ1) is 28.1. The van der Waals surface area contributed by atoms with Gasteiger partial charge in [0.25, 0.3) is 5.91 Å². The van der Waals surface area contributed by atoms with Crippen molar-refractivity contribution in [1.29, 1.82) is 0 Å². The van der Waals surface area contributed by atoms with Crippen molar-refractivity contribution in [2.24, 2.45) is 4.99 Å². The minimum absolute atomic E-state index is 0.160. The normalized spacial score (nSPS) is 20.7. The molecule has 0 aliphatic carbocycles. The number of nitrogens with one attached hydrogen (secondary N) is 1. The maximum atomic E-state index is 15.0. The quantitative estimate of drug-likeness (QED) is 0.120. The average Bonchev–Trinajstić information content (AvgIpc) is 3.77. The van der Waals surface area contributed by atoms with Crippen LogP contribution in [0.4, 0.5) is 4.79 Å². The number of urea groups is 1. The zero-order valence-electron chi connectivity index (χ0n) is 31.6. The summed E-state index contributed by atoms with van der Waals surface area (Å²) in [5, 5.41) is 3.56. The highest BCUT2D eigenvalue weighted by molar-refractivity contribution is 14.1. The molecule has 2 fully saturated rings. The molecule has 3 atom stereocenters. The molecule has 4 aromatic carbocycles. The van der Waals surface area contributed by atoms with Gasteiger partial charge in [0.2, 0.25) is 11.8 Å². The molecule has 11 nitrogen and oxygen atoms in total. The lowest BCUT2D eigenvalue weighted by molar-refractivity contribution is -0.136. The first-order valence-electron chi connectivity index (χ1n) is 19.2. The number of rotatable bonds is 7. The number of hydrogen-bond acceptors (Lipinski definition) is 7. The van der Waals surface area contributed by atoms with Crippen LogP contribution in [0.3, 0.4) is 0 Å². The molecule has 4 aliphatic heterocycles. The smallest absolute Gasteiger partial charge is 0.326 e. The summed E-state index contributed by atoms with van der Waals surface area (Å²) in [5.74, 6) is 6.75. The van der Waals surface area contributed by atoms with E-state index in [-0.39, 0.29) is 30.8 Å². The van der Waals surface area contributed by atoms with Gasteiger partial charge in [0.15, 0.2) is 0 Å². The molecule has 4 aromatic rings. The van der Waals surface area contributed by atoms with E-state index in [1.165, 1.54) is 4.90 Å². The predicted molar refractivity (Wildman–Crippen MR) is 230 cm³/mol. The molecule has 8 rings (SSSR count). The van der Waals surface area contributed by atoms with Crippen LogP contribution >= 0.6 is 45.8 Å². The van der Waals surface area contributed by atoms with Gasteiger partial charge in [0.05, 0.1) is 24.8 Å². The fourth-order valence-corrected chi connectivity index (χ4v) is 8.72. The van der Waals surface area contributed by atoms with Gasteiger partial charge in [-0.1, -0.05) is 65.4 Å². The van der Waals surface area contributed by atoms with Gasteiger partial charge >= 0.3 is 6.03 Å². The topological polar surface area (TPSA) is 115 Å². The van der Waals surface area contributed by atoms with Crippen molar-refractivity contribution in [3.05, 3.63) is 132 Å². The maximum absolute atomic E-state index is 15.0. The van der Waals surface area contributed by atoms with E-state index in [9.17, 15) is 19.2 Å². The number of piperazine rings is 1. The van der Waals surface area contributed by atoms with Gasteiger partial charge in [-0.2, -0.15) is 0 Å². The van der Waals surface area contributed by atoms with Gasteiger partial charge in [-0.3, -0.25) is 34.5 Å². The van der Waals surface area contributed by atoms with Crippen molar-refractivity contribution in [1.82, 2.24) is 24.9 Å². The Labute approximate surface area is 360 Å². The summed E-state index contributed by atoms with van der Waals surface area (Å²) in [5.41, 5.74) is 4.60. The van der Waals surface area contributed by atoms with Gasteiger partial charge < -0.3 is 14.5 Å². The van der Waals surface area contributed by atoms with Gasteiger partial charge in [0.1, 0.15) is 23.7 Å². The summed E-state index contributed by atoms with van der Waals surface area (Å²) in [4.78, 5) is 65.3. The van der Waals surface area contributed by atoms with Crippen molar-refractivity contribution < 1.29 is 23.9 Å². The van der Waals surface area contributed by atoms with E-state index < -0.39 is 24.0 Å². The molecular weight excluding hydrogens is 890 g/mol. The Bertz CT molecular complexity index is 2370. The number of benzene rings is 4. The molecule has 296 valence electrons. The lowest BCUT2D eigenvalue weighted by Crippen LogP contribution is -2.54. The number of aliphatic imine (C=N–C) groups is 1. The standard InChI is InChI=1S/C44H39Cl2IN6O5/c1-2-58-37-25-32(47)16-17-34(37)41-49-39(28-8-12-30(45)13-9-28)40(29-10-14-31(46)15-11-29)53(41)44(57)51-23-21-50(22-24-51)20-4-6-27-5-3-7-33-35(27)26-52(43(33)56)36-18-19-38(54)48-42(36)55/h3,5,7-17,25,36,39-40H,2,18-24,26H2,1H3,(H,48,54,55)/t36?,39-,40+/m0/s1. The van der Waals surface area contributed by atoms with Gasteiger partial charge in [-0.05, 0) is 107 Å². The molecule has 4 aliphatic rings. The third kappa shape index (κ3) is 8.05. The fraction of sp³-hybridized carbons (Fsp3) is 0.295. The van der Waals surface area contributed by atoms with Crippen LogP contribution in [0, 0.1) is 15.4 Å². The van der Waals surface area contributed by atoms with E-state index in [0.717, 1.165) is 31.4 Å². The number of hydrogen-bond donors (Lipinski definition) is 1. The van der Waals surface area contributed by atoms with E-state index >= 15 is 0 Å².